The van der Waals surface area contributed by atoms with Crippen LogP contribution in [0.25, 0.3) is 11.3 Å². The molecule has 0 saturated carbocycles. The summed E-state index contributed by atoms with van der Waals surface area (Å²) in [5.74, 6) is -0.296. The van der Waals surface area contributed by atoms with Gasteiger partial charge >= 0.3 is 0 Å². The number of nitrogens with zero attached hydrogens (tertiary/aromatic N) is 1. The highest BCUT2D eigenvalue weighted by Crippen LogP contribution is 2.30. The number of rotatable bonds is 2. The van der Waals surface area contributed by atoms with E-state index in [1.807, 2.05) is 0 Å². The first-order valence-corrected chi connectivity index (χ1v) is 5.10. The lowest BCUT2D eigenvalue weighted by Gasteiger charge is -1.98. The summed E-state index contributed by atoms with van der Waals surface area (Å²) in [5, 5.41) is 8.95. The van der Waals surface area contributed by atoms with Crippen molar-refractivity contribution < 1.29 is 9.50 Å². The van der Waals surface area contributed by atoms with Gasteiger partial charge in [0.05, 0.1) is 17.2 Å². The van der Waals surface area contributed by atoms with E-state index in [-0.39, 0.29) is 12.4 Å². The third kappa shape index (κ3) is 1.84. The number of anilines is 1. The van der Waals surface area contributed by atoms with E-state index in [1.165, 1.54) is 12.1 Å². The number of hydrogen-bond donors (Lipinski definition) is 2. The SMILES string of the molecule is Nc1c(-c2ccc(F)cc2)nsc1CO. The lowest BCUT2D eigenvalue weighted by Crippen LogP contribution is -1.91. The molecule has 1 heterocycles. The number of aliphatic hydroxyl groups excluding tert-OH is 1. The summed E-state index contributed by atoms with van der Waals surface area (Å²) in [7, 11) is 0. The minimum Gasteiger partial charge on any atom is -0.396 e. The molecule has 2 rings (SSSR count). The molecule has 0 unspecified atom stereocenters. The summed E-state index contributed by atoms with van der Waals surface area (Å²) in [6.07, 6.45) is 0. The molecule has 1 aromatic carbocycles. The zero-order valence-electron chi connectivity index (χ0n) is 7.77. The first-order valence-electron chi connectivity index (χ1n) is 4.33. The lowest BCUT2D eigenvalue weighted by molar-refractivity contribution is 0.286. The predicted octanol–water partition coefficient (Wildman–Crippen LogP) is 2.02. The van der Waals surface area contributed by atoms with Crippen LogP contribution in [0.1, 0.15) is 4.88 Å². The number of nitrogens with two attached hydrogens (primary N) is 1. The van der Waals surface area contributed by atoms with Crippen LogP contribution in [0.2, 0.25) is 0 Å². The van der Waals surface area contributed by atoms with E-state index in [1.54, 1.807) is 12.1 Å². The topological polar surface area (TPSA) is 59.1 Å². The van der Waals surface area contributed by atoms with Crippen molar-refractivity contribution in [3.63, 3.8) is 0 Å². The van der Waals surface area contributed by atoms with Crippen LogP contribution >= 0.6 is 11.5 Å². The molecule has 3 nitrogen and oxygen atoms in total. The Bertz CT molecular complexity index is 467. The second-order valence-corrected chi connectivity index (χ2v) is 3.89. The first kappa shape index (κ1) is 10.1. The van der Waals surface area contributed by atoms with Crippen LogP contribution in [0.3, 0.4) is 0 Å². The van der Waals surface area contributed by atoms with Crippen LogP contribution in [0.5, 0.6) is 0 Å². The summed E-state index contributed by atoms with van der Waals surface area (Å²) < 4.78 is 16.8. The second kappa shape index (κ2) is 3.96. The molecule has 3 N–H and O–H groups in total. The maximum Gasteiger partial charge on any atom is 0.123 e. The fourth-order valence-electron chi connectivity index (χ4n) is 1.26. The minimum atomic E-state index is -0.296. The van der Waals surface area contributed by atoms with Gasteiger partial charge in [-0.1, -0.05) is 0 Å². The summed E-state index contributed by atoms with van der Waals surface area (Å²) in [6, 6.07) is 5.93. The van der Waals surface area contributed by atoms with E-state index >= 15 is 0 Å². The number of aromatic nitrogens is 1. The largest absolute Gasteiger partial charge is 0.396 e. The van der Waals surface area contributed by atoms with Gasteiger partial charge in [-0.25, -0.2) is 4.39 Å². The van der Waals surface area contributed by atoms with E-state index in [4.69, 9.17) is 10.8 Å². The summed E-state index contributed by atoms with van der Waals surface area (Å²) >= 11 is 1.16. The van der Waals surface area contributed by atoms with Gasteiger partial charge < -0.3 is 10.8 Å². The van der Waals surface area contributed by atoms with Gasteiger partial charge in [-0.15, -0.1) is 0 Å². The van der Waals surface area contributed by atoms with Crippen LogP contribution < -0.4 is 5.73 Å². The molecule has 78 valence electrons. The molecule has 0 saturated heterocycles. The summed E-state index contributed by atoms with van der Waals surface area (Å²) in [5.41, 5.74) is 7.60. The monoisotopic (exact) mass is 224 g/mol. The van der Waals surface area contributed by atoms with Gasteiger partial charge in [0, 0.05) is 5.56 Å². The molecule has 0 spiro atoms. The molecular weight excluding hydrogens is 215 g/mol. The standard InChI is InChI=1S/C10H9FN2OS/c11-7-3-1-6(2-4-7)10-9(12)8(5-14)15-13-10/h1-4,14H,5,12H2. The van der Waals surface area contributed by atoms with Gasteiger partial charge in [-0.2, -0.15) is 4.37 Å². The van der Waals surface area contributed by atoms with E-state index < -0.39 is 0 Å². The third-order valence-corrected chi connectivity index (χ3v) is 2.91. The number of halogens is 1. The minimum absolute atomic E-state index is 0.120. The van der Waals surface area contributed by atoms with E-state index in [0.29, 0.717) is 16.3 Å². The van der Waals surface area contributed by atoms with Crippen molar-refractivity contribution in [1.29, 1.82) is 0 Å². The molecule has 0 aliphatic rings. The van der Waals surface area contributed by atoms with Crippen molar-refractivity contribution >= 4 is 17.2 Å². The van der Waals surface area contributed by atoms with E-state index in [0.717, 1.165) is 17.1 Å². The molecule has 0 aliphatic heterocycles. The summed E-state index contributed by atoms with van der Waals surface area (Å²) in [4.78, 5) is 0.634. The molecule has 0 amide bonds. The normalized spacial score (nSPS) is 10.5. The molecule has 0 bridgehead atoms. The van der Waals surface area contributed by atoms with E-state index in [9.17, 15) is 4.39 Å². The van der Waals surface area contributed by atoms with Crippen LogP contribution in [-0.4, -0.2) is 9.48 Å². The molecular formula is C10H9FN2OS. The van der Waals surface area contributed by atoms with E-state index in [2.05, 4.69) is 4.37 Å². The highest BCUT2D eigenvalue weighted by molar-refractivity contribution is 7.06. The smallest absolute Gasteiger partial charge is 0.123 e. The Morgan fingerprint density at radius 1 is 1.33 bits per heavy atom. The van der Waals surface area contributed by atoms with Crippen molar-refractivity contribution in [1.82, 2.24) is 4.37 Å². The van der Waals surface area contributed by atoms with Gasteiger partial charge in [0.15, 0.2) is 0 Å². The maximum atomic E-state index is 12.7. The summed E-state index contributed by atoms with van der Waals surface area (Å²) in [6.45, 7) is -0.120. The Hall–Kier alpha value is -1.46. The number of nitrogen functional groups attached to an aromatic ring is 1. The Morgan fingerprint density at radius 2 is 2.00 bits per heavy atom. The van der Waals surface area contributed by atoms with Gasteiger partial charge in [0.2, 0.25) is 0 Å². The van der Waals surface area contributed by atoms with Crippen LogP contribution in [0, 0.1) is 5.82 Å². The molecule has 0 aliphatic carbocycles. The van der Waals surface area contributed by atoms with Crippen molar-refractivity contribution in [2.24, 2.45) is 0 Å². The molecule has 0 fully saturated rings. The number of benzene rings is 1. The van der Waals surface area contributed by atoms with Crippen LogP contribution in [0.15, 0.2) is 24.3 Å². The lowest BCUT2D eigenvalue weighted by atomic mass is 10.1. The number of hydrogen-bond acceptors (Lipinski definition) is 4. The van der Waals surface area contributed by atoms with Gasteiger partial charge in [0.1, 0.15) is 11.5 Å². The number of aliphatic hydroxyl groups is 1. The third-order valence-electron chi connectivity index (χ3n) is 2.06. The van der Waals surface area contributed by atoms with Crippen molar-refractivity contribution in [3.05, 3.63) is 35.0 Å². The average Bonchev–Trinajstić information content (AvgIpc) is 2.61. The molecule has 0 atom stereocenters. The first-order chi connectivity index (χ1) is 7.22. The van der Waals surface area contributed by atoms with Gasteiger partial charge in [0.25, 0.3) is 0 Å². The predicted molar refractivity (Wildman–Crippen MR) is 57.8 cm³/mol. The van der Waals surface area contributed by atoms with Crippen LogP contribution in [0.4, 0.5) is 10.1 Å². The Kier molecular flexibility index (Phi) is 2.66. The van der Waals surface area contributed by atoms with Crippen molar-refractivity contribution in [3.8, 4) is 11.3 Å². The fraction of sp³-hybridized carbons (Fsp3) is 0.100. The fourth-order valence-corrected chi connectivity index (χ4v) is 1.92. The van der Waals surface area contributed by atoms with Crippen molar-refractivity contribution in [2.45, 2.75) is 6.61 Å². The molecule has 5 heteroatoms. The van der Waals surface area contributed by atoms with Crippen molar-refractivity contribution in [2.75, 3.05) is 5.73 Å². The van der Waals surface area contributed by atoms with Gasteiger partial charge in [-0.3, -0.25) is 0 Å². The second-order valence-electron chi connectivity index (χ2n) is 3.03. The van der Waals surface area contributed by atoms with Crippen LogP contribution in [-0.2, 0) is 6.61 Å². The maximum absolute atomic E-state index is 12.7. The molecule has 2 aromatic rings. The average molecular weight is 224 g/mol. The zero-order valence-corrected chi connectivity index (χ0v) is 8.59. The highest BCUT2D eigenvalue weighted by atomic mass is 32.1. The highest BCUT2D eigenvalue weighted by Gasteiger charge is 2.11. The Balaban J connectivity index is 2.45. The zero-order chi connectivity index (χ0) is 10.8. The molecule has 0 radical (unpaired) electrons. The molecule has 15 heavy (non-hydrogen) atoms. The molecule has 1 aromatic heterocycles. The Morgan fingerprint density at radius 3 is 2.53 bits per heavy atom. The van der Waals surface area contributed by atoms with Gasteiger partial charge in [-0.05, 0) is 35.8 Å². The Labute approximate surface area is 90.2 Å². The quantitative estimate of drug-likeness (QED) is 0.820.